The lowest BCUT2D eigenvalue weighted by atomic mass is 10.1. The summed E-state index contributed by atoms with van der Waals surface area (Å²) in [5.74, 6) is 0.000512. The number of piperazine rings is 1. The van der Waals surface area contributed by atoms with Crippen LogP contribution in [0.1, 0.15) is 27.0 Å². The Kier molecular flexibility index (Phi) is 5.46. The van der Waals surface area contributed by atoms with Gasteiger partial charge in [0.1, 0.15) is 0 Å². The third-order valence-corrected chi connectivity index (χ3v) is 8.47. The summed E-state index contributed by atoms with van der Waals surface area (Å²) in [7, 11) is -3.58. The van der Waals surface area contributed by atoms with E-state index in [0.717, 1.165) is 22.1 Å². The second-order valence-corrected chi connectivity index (χ2v) is 10.4. The number of sulfonamides is 1. The summed E-state index contributed by atoms with van der Waals surface area (Å²) in [5, 5.41) is 1.92. The Labute approximate surface area is 175 Å². The highest BCUT2D eigenvalue weighted by Gasteiger charge is 2.31. The molecule has 2 heterocycles. The van der Waals surface area contributed by atoms with Gasteiger partial charge in [-0.15, -0.1) is 11.3 Å². The van der Waals surface area contributed by atoms with Crippen molar-refractivity contribution >= 4 is 38.0 Å². The largest absolute Gasteiger partial charge is 0.335 e. The van der Waals surface area contributed by atoms with Crippen molar-refractivity contribution in [3.63, 3.8) is 0 Å². The molecule has 4 rings (SSSR count). The maximum atomic E-state index is 13.1. The normalized spacial score (nSPS) is 15.7. The Hall–Kier alpha value is -2.22. The predicted molar refractivity (Wildman–Crippen MR) is 117 cm³/mol. The Morgan fingerprint density at radius 1 is 1.00 bits per heavy atom. The van der Waals surface area contributed by atoms with Crippen LogP contribution in [0.5, 0.6) is 0 Å². The summed E-state index contributed by atoms with van der Waals surface area (Å²) in [4.78, 5) is 16.8. The number of amides is 1. The van der Waals surface area contributed by atoms with Crippen LogP contribution in [0.15, 0.2) is 53.4 Å². The summed E-state index contributed by atoms with van der Waals surface area (Å²) >= 11 is 1.52. The molecule has 0 atom stereocenters. The molecule has 1 fully saturated rings. The van der Waals surface area contributed by atoms with E-state index in [-0.39, 0.29) is 5.91 Å². The molecular weight excluding hydrogens is 404 g/mol. The molecule has 1 aliphatic heterocycles. The van der Waals surface area contributed by atoms with E-state index >= 15 is 0 Å². The average molecular weight is 429 g/mol. The Morgan fingerprint density at radius 2 is 1.69 bits per heavy atom. The van der Waals surface area contributed by atoms with Crippen LogP contribution in [0.2, 0.25) is 0 Å². The van der Waals surface area contributed by atoms with Crippen LogP contribution in [0, 0.1) is 6.92 Å². The third-order valence-electron chi connectivity index (χ3n) is 5.50. The molecule has 0 saturated carbocycles. The van der Waals surface area contributed by atoms with E-state index in [9.17, 15) is 13.2 Å². The van der Waals surface area contributed by atoms with Gasteiger partial charge in [-0.25, -0.2) is 8.42 Å². The molecule has 0 aliphatic carbocycles. The van der Waals surface area contributed by atoms with Gasteiger partial charge >= 0.3 is 0 Å². The fourth-order valence-electron chi connectivity index (χ4n) is 3.74. The van der Waals surface area contributed by atoms with E-state index < -0.39 is 10.0 Å². The third kappa shape index (κ3) is 3.82. The molecule has 1 aromatic heterocycles. The number of nitrogens with zero attached hydrogens (tertiary/aromatic N) is 2. The van der Waals surface area contributed by atoms with Gasteiger partial charge in [-0.3, -0.25) is 4.79 Å². The summed E-state index contributed by atoms with van der Waals surface area (Å²) in [5.41, 5.74) is 1.20. The highest BCUT2D eigenvalue weighted by atomic mass is 32.2. The van der Waals surface area contributed by atoms with Crippen LogP contribution < -0.4 is 0 Å². The number of hydrogen-bond acceptors (Lipinski definition) is 4. The van der Waals surface area contributed by atoms with Crippen LogP contribution in [0.25, 0.3) is 10.8 Å². The number of aryl methyl sites for hydroxylation is 2. The van der Waals surface area contributed by atoms with Gasteiger partial charge < -0.3 is 4.90 Å². The van der Waals surface area contributed by atoms with E-state index in [4.69, 9.17) is 0 Å². The second kappa shape index (κ2) is 7.89. The van der Waals surface area contributed by atoms with Crippen molar-refractivity contribution in [2.75, 3.05) is 26.2 Å². The molecule has 0 N–H and O–H groups in total. The molecule has 1 aliphatic rings. The van der Waals surface area contributed by atoms with E-state index in [0.29, 0.717) is 31.1 Å². The van der Waals surface area contributed by atoms with Crippen LogP contribution >= 0.6 is 11.3 Å². The number of thiophene rings is 1. The SMILES string of the molecule is CCc1cc(C(=O)N2CCN(S(=O)(=O)c3ccc4ccccc4c3)CC2)sc1C. The quantitative estimate of drug-likeness (QED) is 0.633. The smallest absolute Gasteiger partial charge is 0.264 e. The number of fused-ring (bicyclic) bond motifs is 1. The summed E-state index contributed by atoms with van der Waals surface area (Å²) in [6.07, 6.45) is 0.910. The lowest BCUT2D eigenvalue weighted by Gasteiger charge is -2.33. The van der Waals surface area contributed by atoms with Gasteiger partial charge in [-0.05, 0) is 47.9 Å². The molecule has 0 radical (unpaired) electrons. The molecule has 29 heavy (non-hydrogen) atoms. The highest BCUT2D eigenvalue weighted by molar-refractivity contribution is 7.89. The second-order valence-electron chi connectivity index (χ2n) is 7.25. The first kappa shape index (κ1) is 20.1. The fourth-order valence-corrected chi connectivity index (χ4v) is 6.28. The van der Waals surface area contributed by atoms with Gasteiger partial charge in [-0.2, -0.15) is 4.31 Å². The topological polar surface area (TPSA) is 57.7 Å². The van der Waals surface area contributed by atoms with Crippen LogP contribution in [-0.4, -0.2) is 49.7 Å². The zero-order chi connectivity index (χ0) is 20.6. The average Bonchev–Trinajstić information content (AvgIpc) is 3.13. The van der Waals surface area contributed by atoms with E-state index in [1.54, 1.807) is 17.0 Å². The molecule has 2 aromatic carbocycles. The van der Waals surface area contributed by atoms with Crippen LogP contribution in [-0.2, 0) is 16.4 Å². The number of rotatable bonds is 4. The zero-order valence-electron chi connectivity index (χ0n) is 16.6. The number of benzene rings is 2. The predicted octanol–water partition coefficient (Wildman–Crippen LogP) is 3.92. The first-order chi connectivity index (χ1) is 13.9. The molecule has 5 nitrogen and oxygen atoms in total. The van der Waals surface area contributed by atoms with Gasteiger partial charge in [0.25, 0.3) is 5.91 Å². The van der Waals surface area contributed by atoms with Crippen molar-refractivity contribution in [3.8, 4) is 0 Å². The number of carbonyl (C=O) groups excluding carboxylic acids is 1. The van der Waals surface area contributed by atoms with Crippen molar-refractivity contribution < 1.29 is 13.2 Å². The van der Waals surface area contributed by atoms with E-state index in [1.165, 1.54) is 26.1 Å². The van der Waals surface area contributed by atoms with Crippen LogP contribution in [0.3, 0.4) is 0 Å². The number of carbonyl (C=O) groups is 1. The maximum absolute atomic E-state index is 13.1. The van der Waals surface area contributed by atoms with Crippen molar-refractivity contribution in [2.24, 2.45) is 0 Å². The van der Waals surface area contributed by atoms with Gasteiger partial charge in [-0.1, -0.05) is 37.3 Å². The summed E-state index contributed by atoms with van der Waals surface area (Å²) < 4.78 is 27.7. The first-order valence-corrected chi connectivity index (χ1v) is 12.0. The fraction of sp³-hybridized carbons (Fsp3) is 0.318. The van der Waals surface area contributed by atoms with Crippen LogP contribution in [0.4, 0.5) is 0 Å². The molecule has 7 heteroatoms. The maximum Gasteiger partial charge on any atom is 0.264 e. The molecule has 0 bridgehead atoms. The zero-order valence-corrected chi connectivity index (χ0v) is 18.2. The monoisotopic (exact) mass is 428 g/mol. The Morgan fingerprint density at radius 3 is 2.34 bits per heavy atom. The van der Waals surface area contributed by atoms with E-state index in [1.807, 2.05) is 43.3 Å². The molecule has 1 saturated heterocycles. The first-order valence-electron chi connectivity index (χ1n) is 9.77. The lowest BCUT2D eigenvalue weighted by Crippen LogP contribution is -2.50. The minimum atomic E-state index is -3.58. The van der Waals surface area contributed by atoms with Crippen molar-refractivity contribution in [1.29, 1.82) is 0 Å². The van der Waals surface area contributed by atoms with Gasteiger partial charge in [0.15, 0.2) is 0 Å². The Bertz CT molecular complexity index is 1160. The van der Waals surface area contributed by atoms with E-state index in [2.05, 4.69) is 6.92 Å². The van der Waals surface area contributed by atoms with Gasteiger partial charge in [0.2, 0.25) is 10.0 Å². The Balaban J connectivity index is 1.48. The highest BCUT2D eigenvalue weighted by Crippen LogP contribution is 2.26. The van der Waals surface area contributed by atoms with Crippen molar-refractivity contribution in [2.45, 2.75) is 25.2 Å². The summed E-state index contributed by atoms with van der Waals surface area (Å²) in [6.45, 7) is 5.56. The molecule has 3 aromatic rings. The lowest BCUT2D eigenvalue weighted by molar-refractivity contribution is 0.0702. The molecular formula is C22H24N2O3S2. The molecule has 152 valence electrons. The molecule has 0 unspecified atom stereocenters. The standard InChI is InChI=1S/C22H24N2O3S2/c1-3-17-15-21(28-16(17)2)22(25)23-10-12-24(13-11-23)29(26,27)20-9-8-18-6-4-5-7-19(18)14-20/h4-9,14-15H,3,10-13H2,1-2H3. The molecule has 0 spiro atoms. The van der Waals surface area contributed by atoms with Gasteiger partial charge in [0, 0.05) is 31.1 Å². The minimum absolute atomic E-state index is 0.000512. The van der Waals surface area contributed by atoms with Gasteiger partial charge in [0.05, 0.1) is 9.77 Å². The number of hydrogen-bond donors (Lipinski definition) is 0. The minimum Gasteiger partial charge on any atom is -0.335 e. The van der Waals surface area contributed by atoms with Crippen molar-refractivity contribution in [3.05, 3.63) is 63.8 Å². The molecule has 1 amide bonds. The summed E-state index contributed by atoms with van der Waals surface area (Å²) in [6, 6.07) is 14.9. The van der Waals surface area contributed by atoms with Crippen molar-refractivity contribution in [1.82, 2.24) is 9.21 Å².